The van der Waals surface area contributed by atoms with Crippen molar-refractivity contribution >= 4 is 23.3 Å². The maximum absolute atomic E-state index is 12.9. The Hall–Kier alpha value is -3.45. The zero-order valence-electron chi connectivity index (χ0n) is 28.0. The Morgan fingerprint density at radius 2 is 1.83 bits per heavy atom. The SMILES string of the molecule is C[C@@H](COc1ccnc2c1[C@H](C)CCC2)C[C@H]1Cc2cc3c(cc2C12CCC(Nc1cccc(Cl)c1)(C(=O)O)CC2)O[C@H](C)[C@@H](C)O3. The van der Waals surface area contributed by atoms with Gasteiger partial charge in [-0.15, -0.1) is 0 Å². The number of rotatable bonds is 8. The number of anilines is 1. The molecule has 47 heavy (non-hydrogen) atoms. The van der Waals surface area contributed by atoms with E-state index in [0.717, 1.165) is 55.0 Å². The van der Waals surface area contributed by atoms with Crippen LogP contribution >= 0.6 is 11.6 Å². The highest BCUT2D eigenvalue weighted by Crippen LogP contribution is 2.58. The highest BCUT2D eigenvalue weighted by molar-refractivity contribution is 6.30. The number of hydrogen-bond acceptors (Lipinski definition) is 6. The molecule has 0 unspecified atom stereocenters. The molecule has 7 rings (SSSR count). The zero-order valence-corrected chi connectivity index (χ0v) is 28.7. The van der Waals surface area contributed by atoms with E-state index in [0.29, 0.717) is 42.2 Å². The number of carboxylic acid groups (broad SMARTS) is 1. The fourth-order valence-electron chi connectivity index (χ4n) is 8.89. The second kappa shape index (κ2) is 12.5. The standard InChI is InChI=1S/C39H47ClN2O5/c1-23(22-45-33-11-16-41-32-10-5-7-24(2)36(32)33)17-28-18-27-19-34-35(47-26(4)25(3)46-34)21-31(27)38(28)12-14-39(15-13-38,37(43)44)42-30-9-6-8-29(40)20-30/h6,8-9,11,16,19-21,23-26,28,42H,5,7,10,12-15,17-18,22H2,1-4H3,(H,43,44)/t23-,24-,25-,26-,28+,38?,39?/m1/s1. The largest absolute Gasteiger partial charge is 0.493 e. The molecule has 5 atom stereocenters. The summed E-state index contributed by atoms with van der Waals surface area (Å²) in [6, 6.07) is 13.8. The van der Waals surface area contributed by atoms with Crippen LogP contribution in [0.25, 0.3) is 0 Å². The molecule has 250 valence electrons. The van der Waals surface area contributed by atoms with Crippen LogP contribution in [0.1, 0.15) is 101 Å². The topological polar surface area (TPSA) is 89.9 Å². The number of hydrogen-bond donors (Lipinski definition) is 2. The number of fused-ring (bicyclic) bond motifs is 4. The van der Waals surface area contributed by atoms with Crippen LogP contribution in [0, 0.1) is 11.8 Å². The van der Waals surface area contributed by atoms with Crippen LogP contribution < -0.4 is 19.5 Å². The van der Waals surface area contributed by atoms with Gasteiger partial charge in [-0.05, 0) is 142 Å². The Labute approximate surface area is 283 Å². The molecule has 3 aliphatic carbocycles. The van der Waals surface area contributed by atoms with Crippen LogP contribution in [0.2, 0.25) is 5.02 Å². The third-order valence-corrected chi connectivity index (χ3v) is 11.9. The summed E-state index contributed by atoms with van der Waals surface area (Å²) >= 11 is 6.27. The number of nitrogens with one attached hydrogen (secondary N) is 1. The molecule has 4 aliphatic rings. The molecule has 0 radical (unpaired) electrons. The number of aryl methyl sites for hydroxylation is 1. The average molecular weight is 659 g/mol. The Morgan fingerprint density at radius 3 is 2.55 bits per heavy atom. The minimum Gasteiger partial charge on any atom is -0.493 e. The van der Waals surface area contributed by atoms with Crippen molar-refractivity contribution < 1.29 is 24.1 Å². The summed E-state index contributed by atoms with van der Waals surface area (Å²) in [5, 5.41) is 14.6. The van der Waals surface area contributed by atoms with Gasteiger partial charge in [0.2, 0.25) is 0 Å². The molecular weight excluding hydrogens is 612 g/mol. The molecule has 2 N–H and O–H groups in total. The summed E-state index contributed by atoms with van der Waals surface area (Å²) in [6.45, 7) is 9.31. The first-order chi connectivity index (χ1) is 22.6. The number of carboxylic acids is 1. The summed E-state index contributed by atoms with van der Waals surface area (Å²) in [5.74, 6) is 2.91. The summed E-state index contributed by atoms with van der Waals surface area (Å²) in [4.78, 5) is 17.6. The monoisotopic (exact) mass is 658 g/mol. The van der Waals surface area contributed by atoms with Gasteiger partial charge in [0.05, 0.1) is 6.61 Å². The van der Waals surface area contributed by atoms with Crippen molar-refractivity contribution in [3.63, 3.8) is 0 Å². The van der Waals surface area contributed by atoms with Crippen molar-refractivity contribution in [1.29, 1.82) is 0 Å². The molecule has 2 aromatic carbocycles. The van der Waals surface area contributed by atoms with Gasteiger partial charge < -0.3 is 24.6 Å². The molecule has 3 aromatic rings. The molecule has 1 aromatic heterocycles. The molecule has 0 saturated heterocycles. The highest BCUT2D eigenvalue weighted by atomic mass is 35.5. The molecule has 2 heterocycles. The molecule has 0 bridgehead atoms. The van der Waals surface area contributed by atoms with E-state index in [1.54, 1.807) is 12.1 Å². The quantitative estimate of drug-likeness (QED) is 0.250. The van der Waals surface area contributed by atoms with Crippen LogP contribution in [-0.4, -0.2) is 40.4 Å². The van der Waals surface area contributed by atoms with Crippen LogP contribution in [0.4, 0.5) is 5.69 Å². The first kappa shape index (κ1) is 32.1. The van der Waals surface area contributed by atoms with E-state index in [9.17, 15) is 9.90 Å². The molecule has 1 fully saturated rings. The maximum atomic E-state index is 12.9. The highest BCUT2D eigenvalue weighted by Gasteiger charge is 2.54. The lowest BCUT2D eigenvalue weighted by Crippen LogP contribution is -2.53. The van der Waals surface area contributed by atoms with Gasteiger partial charge in [0.25, 0.3) is 0 Å². The number of aromatic nitrogens is 1. The van der Waals surface area contributed by atoms with Crippen LogP contribution in [0.3, 0.4) is 0 Å². The summed E-state index contributed by atoms with van der Waals surface area (Å²) in [6.07, 6.45) is 9.68. The van der Waals surface area contributed by atoms with Crippen LogP contribution in [-0.2, 0) is 23.1 Å². The van der Waals surface area contributed by atoms with Gasteiger partial charge in [0, 0.05) is 28.2 Å². The normalized spacial score (nSPS) is 29.9. The number of carbonyl (C=O) groups is 1. The molecule has 1 aliphatic heterocycles. The Kier molecular flexibility index (Phi) is 8.57. The first-order valence-electron chi connectivity index (χ1n) is 17.5. The van der Waals surface area contributed by atoms with Gasteiger partial charge >= 0.3 is 5.97 Å². The van der Waals surface area contributed by atoms with Gasteiger partial charge in [-0.1, -0.05) is 31.5 Å². The molecule has 7 nitrogen and oxygen atoms in total. The van der Waals surface area contributed by atoms with E-state index in [1.165, 1.54) is 35.2 Å². The molecule has 1 saturated carbocycles. The van der Waals surface area contributed by atoms with Crippen LogP contribution in [0.5, 0.6) is 17.2 Å². The lowest BCUT2D eigenvalue weighted by Gasteiger charge is -2.47. The van der Waals surface area contributed by atoms with Gasteiger partial charge in [-0.3, -0.25) is 4.98 Å². The summed E-state index contributed by atoms with van der Waals surface area (Å²) in [5.41, 5.74) is 4.59. The van der Waals surface area contributed by atoms with E-state index in [1.807, 2.05) is 38.2 Å². The first-order valence-corrected chi connectivity index (χ1v) is 17.8. The smallest absolute Gasteiger partial charge is 0.329 e. The van der Waals surface area contributed by atoms with E-state index in [4.69, 9.17) is 25.8 Å². The number of pyridine rings is 1. The summed E-state index contributed by atoms with van der Waals surface area (Å²) < 4.78 is 19.2. The van der Waals surface area contributed by atoms with E-state index >= 15 is 0 Å². The Bertz CT molecular complexity index is 1650. The van der Waals surface area contributed by atoms with Gasteiger partial charge in [-0.2, -0.15) is 0 Å². The predicted octanol–water partition coefficient (Wildman–Crippen LogP) is 8.75. The molecule has 0 amide bonds. The molecular formula is C39H47ClN2O5. The average Bonchev–Trinajstić information content (AvgIpc) is 3.31. The van der Waals surface area contributed by atoms with E-state index < -0.39 is 11.5 Å². The van der Waals surface area contributed by atoms with Gasteiger partial charge in [-0.25, -0.2) is 4.79 Å². The minimum absolute atomic E-state index is 0.0195. The number of benzene rings is 2. The fourth-order valence-corrected chi connectivity index (χ4v) is 9.08. The Balaban J connectivity index is 1.16. The summed E-state index contributed by atoms with van der Waals surface area (Å²) in [7, 11) is 0. The van der Waals surface area contributed by atoms with Crippen molar-refractivity contribution in [2.75, 3.05) is 11.9 Å². The second-order valence-electron chi connectivity index (χ2n) is 14.8. The van der Waals surface area contributed by atoms with E-state index in [-0.39, 0.29) is 17.6 Å². The van der Waals surface area contributed by atoms with Gasteiger partial charge in [0.1, 0.15) is 23.5 Å². The predicted molar refractivity (Wildman–Crippen MR) is 184 cm³/mol. The van der Waals surface area contributed by atoms with Crippen molar-refractivity contribution in [2.24, 2.45) is 11.8 Å². The van der Waals surface area contributed by atoms with Crippen molar-refractivity contribution in [1.82, 2.24) is 4.98 Å². The van der Waals surface area contributed by atoms with E-state index in [2.05, 4.69) is 36.3 Å². The second-order valence-corrected chi connectivity index (χ2v) is 15.2. The zero-order chi connectivity index (χ0) is 32.9. The number of ether oxygens (including phenoxy) is 3. The van der Waals surface area contributed by atoms with Gasteiger partial charge in [0.15, 0.2) is 11.5 Å². The Morgan fingerprint density at radius 1 is 1.09 bits per heavy atom. The lowest BCUT2D eigenvalue weighted by atomic mass is 9.59. The van der Waals surface area contributed by atoms with Crippen molar-refractivity contribution in [2.45, 2.75) is 115 Å². The lowest BCUT2D eigenvalue weighted by molar-refractivity contribution is -0.144. The number of aliphatic carboxylic acids is 1. The number of nitrogens with zero attached hydrogens (tertiary/aromatic N) is 1. The maximum Gasteiger partial charge on any atom is 0.329 e. The van der Waals surface area contributed by atoms with Crippen LogP contribution in [0.15, 0.2) is 48.7 Å². The van der Waals surface area contributed by atoms with Crippen molar-refractivity contribution in [3.8, 4) is 17.2 Å². The fraction of sp³-hybridized carbons (Fsp3) is 0.538. The third-order valence-electron chi connectivity index (χ3n) is 11.6. The van der Waals surface area contributed by atoms with Crippen molar-refractivity contribution in [3.05, 3.63) is 76.1 Å². The number of halogens is 1. The third kappa shape index (κ3) is 5.94. The minimum atomic E-state index is -1.06. The molecule has 8 heteroatoms. The molecule has 1 spiro atoms.